The molecule has 3 aromatic rings. The molecule has 122 valence electrons. The van der Waals surface area contributed by atoms with Gasteiger partial charge >= 0.3 is 0 Å². The number of anilines is 1. The normalized spacial score (nSPS) is 17.9. The van der Waals surface area contributed by atoms with Crippen LogP contribution in [0.1, 0.15) is 34.9 Å². The summed E-state index contributed by atoms with van der Waals surface area (Å²) in [6.45, 7) is 6.93. The quantitative estimate of drug-likeness (QED) is 0.776. The lowest BCUT2D eigenvalue weighted by Crippen LogP contribution is -2.26. The fraction of sp³-hybridized carbons (Fsp3) is 0.300. The number of aromatic nitrogens is 2. The van der Waals surface area contributed by atoms with Crippen molar-refractivity contribution in [2.24, 2.45) is 0 Å². The number of fused-ring (bicyclic) bond motifs is 1. The lowest BCUT2D eigenvalue weighted by molar-refractivity contribution is -0.117. The van der Waals surface area contributed by atoms with Gasteiger partial charge < -0.3 is 9.88 Å². The van der Waals surface area contributed by atoms with E-state index in [2.05, 4.69) is 42.9 Å². The predicted octanol–water partition coefficient (Wildman–Crippen LogP) is 4.01. The van der Waals surface area contributed by atoms with E-state index in [-0.39, 0.29) is 11.8 Å². The third-order valence-electron chi connectivity index (χ3n) is 4.82. The van der Waals surface area contributed by atoms with E-state index in [1.165, 1.54) is 5.56 Å². The number of aromatic amines is 1. The fourth-order valence-corrected chi connectivity index (χ4v) is 3.87. The number of nitrogens with zero attached hydrogens (tertiary/aromatic N) is 2. The highest BCUT2D eigenvalue weighted by molar-refractivity contribution is 5.98. The Morgan fingerprint density at radius 2 is 1.83 bits per heavy atom. The van der Waals surface area contributed by atoms with Crippen LogP contribution in [0.4, 0.5) is 5.69 Å². The van der Waals surface area contributed by atoms with Crippen LogP contribution in [0.25, 0.3) is 11.0 Å². The van der Waals surface area contributed by atoms with Crippen LogP contribution in [0, 0.1) is 20.8 Å². The Hall–Kier alpha value is -2.62. The van der Waals surface area contributed by atoms with Crippen molar-refractivity contribution in [3.63, 3.8) is 0 Å². The SMILES string of the molecule is Cc1cc(C)c(N2C[C@H](c3nc4ccccc4[nH]3)CC2=O)c(C)c1. The summed E-state index contributed by atoms with van der Waals surface area (Å²) in [5, 5.41) is 0. The van der Waals surface area contributed by atoms with Gasteiger partial charge in [0, 0.05) is 24.6 Å². The van der Waals surface area contributed by atoms with E-state index in [9.17, 15) is 4.79 Å². The molecule has 1 aliphatic rings. The molecule has 1 atom stereocenters. The smallest absolute Gasteiger partial charge is 0.227 e. The molecule has 2 aromatic carbocycles. The van der Waals surface area contributed by atoms with Crippen LogP contribution in [0.15, 0.2) is 36.4 Å². The minimum Gasteiger partial charge on any atom is -0.342 e. The highest BCUT2D eigenvalue weighted by Gasteiger charge is 2.34. The van der Waals surface area contributed by atoms with E-state index in [4.69, 9.17) is 0 Å². The number of nitrogens with one attached hydrogen (secondary N) is 1. The number of para-hydroxylation sites is 2. The van der Waals surface area contributed by atoms with Crippen molar-refractivity contribution >= 4 is 22.6 Å². The van der Waals surface area contributed by atoms with Gasteiger partial charge in [0.2, 0.25) is 5.91 Å². The molecule has 1 saturated heterocycles. The maximum absolute atomic E-state index is 12.6. The fourth-order valence-electron chi connectivity index (χ4n) is 3.87. The summed E-state index contributed by atoms with van der Waals surface area (Å²) in [5.74, 6) is 1.20. The number of hydrogen-bond donors (Lipinski definition) is 1. The summed E-state index contributed by atoms with van der Waals surface area (Å²) in [6.07, 6.45) is 0.507. The number of hydrogen-bond acceptors (Lipinski definition) is 2. The van der Waals surface area contributed by atoms with Crippen molar-refractivity contribution in [1.82, 2.24) is 9.97 Å². The molecule has 0 unspecified atom stereocenters. The molecule has 4 rings (SSSR count). The van der Waals surface area contributed by atoms with Crippen LogP contribution in [-0.4, -0.2) is 22.4 Å². The van der Waals surface area contributed by atoms with Gasteiger partial charge in [-0.1, -0.05) is 29.8 Å². The van der Waals surface area contributed by atoms with Crippen molar-refractivity contribution in [3.05, 3.63) is 58.9 Å². The molecule has 0 radical (unpaired) electrons. The molecule has 1 aromatic heterocycles. The zero-order valence-corrected chi connectivity index (χ0v) is 14.3. The van der Waals surface area contributed by atoms with E-state index < -0.39 is 0 Å². The summed E-state index contributed by atoms with van der Waals surface area (Å²) in [7, 11) is 0. The zero-order valence-electron chi connectivity index (χ0n) is 14.3. The molecule has 1 N–H and O–H groups in total. The number of aryl methyl sites for hydroxylation is 3. The third-order valence-corrected chi connectivity index (χ3v) is 4.82. The first-order valence-electron chi connectivity index (χ1n) is 8.36. The van der Waals surface area contributed by atoms with Gasteiger partial charge in [-0.15, -0.1) is 0 Å². The second kappa shape index (κ2) is 5.48. The Labute approximate surface area is 141 Å². The van der Waals surface area contributed by atoms with Crippen molar-refractivity contribution in [1.29, 1.82) is 0 Å². The van der Waals surface area contributed by atoms with Gasteiger partial charge in [-0.3, -0.25) is 4.79 Å². The molecule has 1 amide bonds. The van der Waals surface area contributed by atoms with Crippen LogP contribution in [0.5, 0.6) is 0 Å². The van der Waals surface area contributed by atoms with Crippen molar-refractivity contribution < 1.29 is 4.79 Å². The average molecular weight is 319 g/mol. The molecule has 2 heterocycles. The van der Waals surface area contributed by atoms with Crippen LogP contribution in [0.2, 0.25) is 0 Å². The van der Waals surface area contributed by atoms with E-state index >= 15 is 0 Å². The van der Waals surface area contributed by atoms with Crippen molar-refractivity contribution in [3.8, 4) is 0 Å². The van der Waals surface area contributed by atoms with Gasteiger partial charge in [-0.05, 0) is 44.0 Å². The number of carbonyl (C=O) groups excluding carboxylic acids is 1. The van der Waals surface area contributed by atoms with Gasteiger partial charge in [-0.25, -0.2) is 4.98 Å². The molecule has 0 spiro atoms. The monoisotopic (exact) mass is 319 g/mol. The molecule has 0 aliphatic carbocycles. The number of H-pyrrole nitrogens is 1. The maximum Gasteiger partial charge on any atom is 0.227 e. The second-order valence-electron chi connectivity index (χ2n) is 6.79. The predicted molar refractivity (Wildman–Crippen MR) is 96.5 cm³/mol. The first-order chi connectivity index (χ1) is 11.5. The average Bonchev–Trinajstić information content (AvgIpc) is 3.10. The Morgan fingerprint density at radius 1 is 1.12 bits per heavy atom. The Morgan fingerprint density at radius 3 is 2.54 bits per heavy atom. The largest absolute Gasteiger partial charge is 0.342 e. The third kappa shape index (κ3) is 2.39. The summed E-state index contributed by atoms with van der Waals surface area (Å²) < 4.78 is 0. The first kappa shape index (κ1) is 14.9. The van der Waals surface area contributed by atoms with Gasteiger partial charge in [0.25, 0.3) is 0 Å². The molecule has 1 fully saturated rings. The number of amides is 1. The molecule has 0 bridgehead atoms. The molecule has 1 aliphatic heterocycles. The summed E-state index contributed by atoms with van der Waals surface area (Å²) >= 11 is 0. The van der Waals surface area contributed by atoms with Crippen molar-refractivity contribution in [2.45, 2.75) is 33.1 Å². The summed E-state index contributed by atoms with van der Waals surface area (Å²) in [6, 6.07) is 12.3. The second-order valence-corrected chi connectivity index (χ2v) is 6.79. The first-order valence-corrected chi connectivity index (χ1v) is 8.36. The topological polar surface area (TPSA) is 49.0 Å². The van der Waals surface area contributed by atoms with Gasteiger partial charge in [0.15, 0.2) is 0 Å². The van der Waals surface area contributed by atoms with E-state index in [0.29, 0.717) is 13.0 Å². The maximum atomic E-state index is 12.6. The standard InChI is InChI=1S/C20H21N3O/c1-12-8-13(2)19(14(3)9-12)23-11-15(10-18(23)24)20-21-16-6-4-5-7-17(16)22-20/h4-9,15H,10-11H2,1-3H3,(H,21,22)/t15-/m1/s1. The van der Waals surface area contributed by atoms with E-state index in [1.807, 2.05) is 29.2 Å². The van der Waals surface area contributed by atoms with Crippen LogP contribution in [-0.2, 0) is 4.79 Å². The lowest BCUT2D eigenvalue weighted by Gasteiger charge is -2.22. The number of benzene rings is 2. The number of imidazole rings is 1. The highest BCUT2D eigenvalue weighted by Crippen LogP contribution is 2.35. The van der Waals surface area contributed by atoms with Gasteiger partial charge in [0.1, 0.15) is 5.82 Å². The highest BCUT2D eigenvalue weighted by atomic mass is 16.2. The number of carbonyl (C=O) groups is 1. The van der Waals surface area contributed by atoms with Crippen LogP contribution >= 0.6 is 0 Å². The Balaban J connectivity index is 1.68. The molecule has 24 heavy (non-hydrogen) atoms. The lowest BCUT2D eigenvalue weighted by atomic mass is 10.0. The minimum atomic E-state index is 0.116. The molecule has 4 nitrogen and oxygen atoms in total. The summed E-state index contributed by atoms with van der Waals surface area (Å²) in [4.78, 5) is 22.6. The van der Waals surface area contributed by atoms with E-state index in [0.717, 1.165) is 33.7 Å². The minimum absolute atomic E-state index is 0.116. The van der Waals surface area contributed by atoms with Crippen LogP contribution < -0.4 is 4.90 Å². The summed E-state index contributed by atoms with van der Waals surface area (Å²) in [5.41, 5.74) is 6.60. The van der Waals surface area contributed by atoms with Crippen molar-refractivity contribution in [2.75, 3.05) is 11.4 Å². The van der Waals surface area contributed by atoms with Crippen LogP contribution in [0.3, 0.4) is 0 Å². The zero-order chi connectivity index (χ0) is 16.8. The Kier molecular flexibility index (Phi) is 3.41. The van der Waals surface area contributed by atoms with Gasteiger partial charge in [0.05, 0.1) is 11.0 Å². The van der Waals surface area contributed by atoms with Gasteiger partial charge in [-0.2, -0.15) is 0 Å². The molecule has 4 heteroatoms. The number of rotatable bonds is 2. The molecular formula is C20H21N3O. The molecular weight excluding hydrogens is 298 g/mol. The Bertz CT molecular complexity index is 885. The van der Waals surface area contributed by atoms with E-state index in [1.54, 1.807) is 0 Å². The molecule has 0 saturated carbocycles.